The molecule has 0 atom stereocenters. The van der Waals surface area contributed by atoms with Crippen LogP contribution in [-0.4, -0.2) is 14.2 Å². The lowest BCUT2D eigenvalue weighted by atomic mass is 10.1. The maximum Gasteiger partial charge on any atom is 0.392 e. The molecule has 0 saturated heterocycles. The zero-order valence-electron chi connectivity index (χ0n) is 10.7. The SMILES string of the molecule is CC(C)(C)O[Si](C)(C)OC1=CCCCC1. The van der Waals surface area contributed by atoms with Crippen molar-refractivity contribution in [1.29, 1.82) is 0 Å². The Morgan fingerprint density at radius 3 is 2.33 bits per heavy atom. The Morgan fingerprint density at radius 1 is 1.20 bits per heavy atom. The molecule has 0 unspecified atom stereocenters. The first kappa shape index (κ1) is 12.8. The highest BCUT2D eigenvalue weighted by molar-refractivity contribution is 6.64. The highest BCUT2D eigenvalue weighted by atomic mass is 28.4. The van der Waals surface area contributed by atoms with Crippen molar-refractivity contribution in [3.8, 4) is 0 Å². The molecule has 1 aliphatic carbocycles. The summed E-state index contributed by atoms with van der Waals surface area (Å²) in [4.78, 5) is 0. The number of hydrogen-bond acceptors (Lipinski definition) is 2. The van der Waals surface area contributed by atoms with E-state index in [2.05, 4.69) is 39.9 Å². The van der Waals surface area contributed by atoms with Gasteiger partial charge < -0.3 is 8.85 Å². The van der Waals surface area contributed by atoms with Crippen LogP contribution < -0.4 is 0 Å². The van der Waals surface area contributed by atoms with Gasteiger partial charge in [0.25, 0.3) is 0 Å². The summed E-state index contributed by atoms with van der Waals surface area (Å²) < 4.78 is 12.0. The van der Waals surface area contributed by atoms with Gasteiger partial charge in [-0.15, -0.1) is 0 Å². The van der Waals surface area contributed by atoms with Gasteiger partial charge in [-0.05, 0) is 59.2 Å². The van der Waals surface area contributed by atoms with Crippen LogP contribution >= 0.6 is 0 Å². The van der Waals surface area contributed by atoms with E-state index < -0.39 is 8.56 Å². The molecule has 15 heavy (non-hydrogen) atoms. The molecular formula is C12H24O2Si. The summed E-state index contributed by atoms with van der Waals surface area (Å²) in [6.45, 7) is 10.5. The molecule has 0 radical (unpaired) electrons. The van der Waals surface area contributed by atoms with E-state index in [4.69, 9.17) is 8.85 Å². The van der Waals surface area contributed by atoms with Crippen LogP contribution in [0, 0.1) is 0 Å². The maximum absolute atomic E-state index is 6.03. The van der Waals surface area contributed by atoms with Gasteiger partial charge in [0.1, 0.15) is 0 Å². The molecule has 88 valence electrons. The van der Waals surface area contributed by atoms with Crippen molar-refractivity contribution < 1.29 is 8.85 Å². The standard InChI is InChI=1S/C12H24O2Si/c1-12(2,3)14-15(4,5)13-11-9-7-6-8-10-11/h9H,6-8,10H2,1-5H3. The summed E-state index contributed by atoms with van der Waals surface area (Å²) in [6, 6.07) is 0. The number of rotatable bonds is 3. The minimum absolute atomic E-state index is 0.106. The Balaban J connectivity index is 2.51. The summed E-state index contributed by atoms with van der Waals surface area (Å²) in [5, 5.41) is 0. The van der Waals surface area contributed by atoms with Crippen LogP contribution in [0.4, 0.5) is 0 Å². The van der Waals surface area contributed by atoms with Crippen molar-refractivity contribution >= 4 is 8.56 Å². The predicted molar refractivity (Wildman–Crippen MR) is 66.0 cm³/mol. The summed E-state index contributed by atoms with van der Waals surface area (Å²) in [6.07, 6.45) is 7.03. The van der Waals surface area contributed by atoms with Crippen molar-refractivity contribution in [2.45, 2.75) is 65.1 Å². The average Bonchev–Trinajstić information content (AvgIpc) is 1.99. The van der Waals surface area contributed by atoms with E-state index in [0.29, 0.717) is 0 Å². The van der Waals surface area contributed by atoms with Gasteiger partial charge in [-0.25, -0.2) is 0 Å². The molecule has 0 N–H and O–H groups in total. The summed E-state index contributed by atoms with van der Waals surface area (Å²) >= 11 is 0. The monoisotopic (exact) mass is 228 g/mol. The van der Waals surface area contributed by atoms with Gasteiger partial charge in [-0.2, -0.15) is 0 Å². The van der Waals surface area contributed by atoms with Crippen molar-refractivity contribution in [1.82, 2.24) is 0 Å². The van der Waals surface area contributed by atoms with Crippen molar-refractivity contribution in [2.75, 3.05) is 0 Å². The van der Waals surface area contributed by atoms with Gasteiger partial charge in [0, 0.05) is 6.42 Å². The second-order valence-electron chi connectivity index (χ2n) is 5.63. The molecular weight excluding hydrogens is 204 g/mol. The van der Waals surface area contributed by atoms with Gasteiger partial charge in [-0.1, -0.05) is 0 Å². The van der Waals surface area contributed by atoms with Crippen molar-refractivity contribution in [3.05, 3.63) is 11.8 Å². The first-order chi connectivity index (χ1) is 6.79. The van der Waals surface area contributed by atoms with E-state index >= 15 is 0 Å². The van der Waals surface area contributed by atoms with E-state index in [9.17, 15) is 0 Å². The van der Waals surface area contributed by atoms with E-state index in [0.717, 1.165) is 18.6 Å². The number of hydrogen-bond donors (Lipinski definition) is 0. The fourth-order valence-corrected chi connectivity index (χ4v) is 4.31. The zero-order valence-corrected chi connectivity index (χ0v) is 11.7. The van der Waals surface area contributed by atoms with E-state index in [1.807, 2.05) is 0 Å². The molecule has 0 heterocycles. The van der Waals surface area contributed by atoms with Gasteiger partial charge in [-0.3, -0.25) is 0 Å². The molecule has 0 spiro atoms. The fourth-order valence-electron chi connectivity index (χ4n) is 1.98. The van der Waals surface area contributed by atoms with E-state index in [1.165, 1.54) is 12.8 Å². The normalized spacial score (nSPS) is 18.6. The van der Waals surface area contributed by atoms with E-state index in [-0.39, 0.29) is 5.60 Å². The van der Waals surface area contributed by atoms with Gasteiger partial charge in [0.2, 0.25) is 0 Å². The molecule has 0 aromatic carbocycles. The van der Waals surface area contributed by atoms with Crippen LogP contribution in [0.3, 0.4) is 0 Å². The first-order valence-electron chi connectivity index (χ1n) is 5.87. The summed E-state index contributed by atoms with van der Waals surface area (Å²) in [5.41, 5.74) is -0.106. The van der Waals surface area contributed by atoms with Crippen LogP contribution in [0.2, 0.25) is 13.1 Å². The average molecular weight is 228 g/mol. The third-order valence-corrected chi connectivity index (χ3v) is 4.04. The van der Waals surface area contributed by atoms with Gasteiger partial charge in [0.15, 0.2) is 0 Å². The Bertz CT molecular complexity index is 238. The quantitative estimate of drug-likeness (QED) is 0.680. The molecule has 3 heteroatoms. The Kier molecular flexibility index (Phi) is 4.01. The molecule has 0 aromatic heterocycles. The van der Waals surface area contributed by atoms with Gasteiger partial charge in [0.05, 0.1) is 11.4 Å². The maximum atomic E-state index is 6.03. The van der Waals surface area contributed by atoms with Crippen LogP contribution in [0.15, 0.2) is 11.8 Å². The summed E-state index contributed by atoms with van der Waals surface area (Å²) in [5.74, 6) is 1.15. The van der Waals surface area contributed by atoms with E-state index in [1.54, 1.807) is 0 Å². The molecule has 0 saturated carbocycles. The molecule has 0 amide bonds. The summed E-state index contributed by atoms with van der Waals surface area (Å²) in [7, 11) is -1.99. The molecule has 1 rings (SSSR count). The van der Waals surface area contributed by atoms with Crippen LogP contribution in [0.25, 0.3) is 0 Å². The third-order valence-electron chi connectivity index (χ3n) is 2.18. The van der Waals surface area contributed by atoms with Crippen LogP contribution in [0.5, 0.6) is 0 Å². The molecule has 0 bridgehead atoms. The van der Waals surface area contributed by atoms with Crippen molar-refractivity contribution in [2.24, 2.45) is 0 Å². The lowest BCUT2D eigenvalue weighted by Gasteiger charge is -2.33. The van der Waals surface area contributed by atoms with Crippen LogP contribution in [0.1, 0.15) is 46.5 Å². The number of allylic oxidation sites excluding steroid dienone is 2. The molecule has 2 nitrogen and oxygen atoms in total. The zero-order chi connectivity index (χ0) is 11.5. The lowest BCUT2D eigenvalue weighted by molar-refractivity contribution is 0.0806. The van der Waals surface area contributed by atoms with Gasteiger partial charge >= 0.3 is 8.56 Å². The Hall–Kier alpha value is -0.283. The van der Waals surface area contributed by atoms with Crippen LogP contribution in [-0.2, 0) is 8.85 Å². The molecule has 0 fully saturated rings. The second kappa shape index (κ2) is 4.70. The fraction of sp³-hybridized carbons (Fsp3) is 0.833. The molecule has 0 aromatic rings. The minimum atomic E-state index is -1.99. The second-order valence-corrected chi connectivity index (χ2v) is 8.84. The Morgan fingerprint density at radius 2 is 1.87 bits per heavy atom. The largest absolute Gasteiger partial charge is 0.524 e. The first-order valence-corrected chi connectivity index (χ1v) is 8.68. The van der Waals surface area contributed by atoms with Crippen molar-refractivity contribution in [3.63, 3.8) is 0 Å². The topological polar surface area (TPSA) is 18.5 Å². The predicted octanol–water partition coefficient (Wildman–Crippen LogP) is 3.98. The molecule has 1 aliphatic rings. The highest BCUT2D eigenvalue weighted by Crippen LogP contribution is 2.25. The minimum Gasteiger partial charge on any atom is -0.524 e. The Labute approximate surface area is 94.9 Å². The third kappa shape index (κ3) is 5.38. The molecule has 0 aliphatic heterocycles. The smallest absolute Gasteiger partial charge is 0.392 e. The lowest BCUT2D eigenvalue weighted by Crippen LogP contribution is -2.42. The highest BCUT2D eigenvalue weighted by Gasteiger charge is 2.33.